The van der Waals surface area contributed by atoms with E-state index in [-0.39, 0.29) is 11.5 Å². The lowest BCUT2D eigenvalue weighted by Gasteiger charge is -2.38. The maximum atomic E-state index is 6.75. The van der Waals surface area contributed by atoms with Crippen LogP contribution in [0.3, 0.4) is 0 Å². The molecule has 0 bridgehead atoms. The summed E-state index contributed by atoms with van der Waals surface area (Å²) in [5, 5.41) is 0. The van der Waals surface area contributed by atoms with Crippen LogP contribution in [0.25, 0.3) is 0 Å². The second kappa shape index (κ2) is 5.50. The van der Waals surface area contributed by atoms with Crippen LogP contribution >= 0.6 is 0 Å². The Kier molecular flexibility index (Phi) is 3.74. The van der Waals surface area contributed by atoms with E-state index in [1.54, 1.807) is 0 Å². The molecule has 1 fully saturated rings. The lowest BCUT2D eigenvalue weighted by Crippen LogP contribution is -2.45. The summed E-state index contributed by atoms with van der Waals surface area (Å²) in [5.41, 5.74) is 9.95. The molecule has 2 aliphatic carbocycles. The Labute approximate surface area is 116 Å². The molecule has 1 nitrogen and oxygen atoms in total. The molecule has 0 amide bonds. The lowest BCUT2D eigenvalue weighted by atomic mass is 9.69. The molecule has 0 spiro atoms. The Morgan fingerprint density at radius 3 is 2.32 bits per heavy atom. The zero-order chi connectivity index (χ0) is 13.1. The van der Waals surface area contributed by atoms with Crippen LogP contribution < -0.4 is 5.73 Å². The van der Waals surface area contributed by atoms with Crippen molar-refractivity contribution in [1.82, 2.24) is 0 Å². The number of nitrogens with two attached hydrogens (primary N) is 1. The van der Waals surface area contributed by atoms with Gasteiger partial charge < -0.3 is 5.73 Å². The summed E-state index contributed by atoms with van der Waals surface area (Å²) >= 11 is 0. The zero-order valence-corrected chi connectivity index (χ0v) is 11.8. The van der Waals surface area contributed by atoms with Crippen LogP contribution in [0.5, 0.6) is 0 Å². The van der Waals surface area contributed by atoms with Crippen LogP contribution in [0.4, 0.5) is 0 Å². The molecule has 0 aliphatic heterocycles. The fourth-order valence-electron chi connectivity index (χ4n) is 4.06. The van der Waals surface area contributed by atoms with E-state index in [1.807, 2.05) is 0 Å². The van der Waals surface area contributed by atoms with E-state index in [9.17, 15) is 0 Å². The third-order valence-corrected chi connectivity index (χ3v) is 5.17. The normalized spacial score (nSPS) is 23.9. The molecule has 1 unspecified atom stereocenters. The average molecular weight is 255 g/mol. The van der Waals surface area contributed by atoms with E-state index >= 15 is 0 Å². The molecule has 0 saturated heterocycles. The van der Waals surface area contributed by atoms with Crippen molar-refractivity contribution in [2.45, 2.75) is 62.8 Å². The quantitative estimate of drug-likeness (QED) is 0.799. The summed E-state index contributed by atoms with van der Waals surface area (Å²) < 4.78 is 0. The molecule has 1 atom stereocenters. The molecule has 0 aromatic heterocycles. The molecule has 2 N–H and O–H groups in total. The highest BCUT2D eigenvalue weighted by molar-refractivity contribution is 5.34. The fourth-order valence-corrected chi connectivity index (χ4v) is 4.06. The minimum absolute atomic E-state index is 0.213. The number of benzene rings is 1. The van der Waals surface area contributed by atoms with Crippen LogP contribution in [0, 0.1) is 0 Å². The second-order valence-electron chi connectivity index (χ2n) is 6.23. The van der Waals surface area contributed by atoms with Crippen molar-refractivity contribution in [3.05, 3.63) is 47.5 Å². The highest BCUT2D eigenvalue weighted by atomic mass is 14.7. The molecule has 0 radical (unpaired) electrons. The zero-order valence-electron chi connectivity index (χ0n) is 11.8. The maximum Gasteiger partial charge on any atom is 0.0352 e. The van der Waals surface area contributed by atoms with Crippen molar-refractivity contribution >= 4 is 0 Å². The van der Waals surface area contributed by atoms with Gasteiger partial charge in [0.15, 0.2) is 0 Å². The molecule has 3 rings (SSSR count). The van der Waals surface area contributed by atoms with Crippen LogP contribution in [-0.4, -0.2) is 6.04 Å². The van der Waals surface area contributed by atoms with Crippen LogP contribution in [0.1, 0.15) is 56.9 Å². The van der Waals surface area contributed by atoms with Gasteiger partial charge in [-0.05, 0) is 44.1 Å². The van der Waals surface area contributed by atoms with Gasteiger partial charge in [0, 0.05) is 11.5 Å². The smallest absolute Gasteiger partial charge is 0.0352 e. The molecule has 2 aliphatic rings. The van der Waals surface area contributed by atoms with Gasteiger partial charge in [0.1, 0.15) is 0 Å². The van der Waals surface area contributed by atoms with Gasteiger partial charge in [-0.3, -0.25) is 0 Å². The molecule has 1 saturated carbocycles. The molecule has 1 aromatic rings. The first-order chi connectivity index (χ1) is 9.33. The molecule has 1 aromatic carbocycles. The number of rotatable bonds is 3. The fraction of sp³-hybridized carbons (Fsp3) is 0.556. The van der Waals surface area contributed by atoms with Gasteiger partial charge in [-0.1, -0.05) is 54.8 Å². The van der Waals surface area contributed by atoms with Crippen molar-refractivity contribution < 1.29 is 0 Å². The standard InChI is InChI=1S/C18H25N/c19-17(15-9-3-1-4-10-15)18(13-7-8-14-18)16-11-5-2-6-12-16/h2,5-6,9,11-12,17H,1,3-4,7-8,10,13-14,19H2. The summed E-state index contributed by atoms with van der Waals surface area (Å²) in [5.74, 6) is 0. The van der Waals surface area contributed by atoms with Gasteiger partial charge in [-0.25, -0.2) is 0 Å². The molecule has 0 heterocycles. The third kappa shape index (κ3) is 2.36. The Morgan fingerprint density at radius 2 is 1.68 bits per heavy atom. The molecule has 19 heavy (non-hydrogen) atoms. The summed E-state index contributed by atoms with van der Waals surface area (Å²) in [6.45, 7) is 0. The number of allylic oxidation sites excluding steroid dienone is 1. The predicted octanol–water partition coefficient (Wildman–Crippen LogP) is 4.33. The molecule has 1 heteroatoms. The summed E-state index contributed by atoms with van der Waals surface area (Å²) in [7, 11) is 0. The maximum absolute atomic E-state index is 6.75. The van der Waals surface area contributed by atoms with Crippen LogP contribution in [-0.2, 0) is 5.41 Å². The topological polar surface area (TPSA) is 26.0 Å². The molecular formula is C18H25N. The largest absolute Gasteiger partial charge is 0.323 e. The van der Waals surface area contributed by atoms with Gasteiger partial charge in [0.25, 0.3) is 0 Å². The summed E-state index contributed by atoms with van der Waals surface area (Å²) in [6.07, 6.45) is 12.7. The van der Waals surface area contributed by atoms with Gasteiger partial charge >= 0.3 is 0 Å². The minimum atomic E-state index is 0.213. The first-order valence-electron chi connectivity index (χ1n) is 7.83. The lowest BCUT2D eigenvalue weighted by molar-refractivity contribution is 0.371. The Balaban J connectivity index is 1.94. The van der Waals surface area contributed by atoms with E-state index in [1.165, 1.54) is 62.5 Å². The SMILES string of the molecule is NC(C1=CCCCC1)C1(c2ccccc2)CCCC1. The summed E-state index contributed by atoms with van der Waals surface area (Å²) in [4.78, 5) is 0. The summed E-state index contributed by atoms with van der Waals surface area (Å²) in [6, 6.07) is 11.2. The first kappa shape index (κ1) is 12.9. The van der Waals surface area contributed by atoms with Crippen LogP contribution in [0.15, 0.2) is 42.0 Å². The van der Waals surface area contributed by atoms with Gasteiger partial charge in [0.2, 0.25) is 0 Å². The van der Waals surface area contributed by atoms with Crippen molar-refractivity contribution in [1.29, 1.82) is 0 Å². The Bertz CT molecular complexity index is 440. The number of hydrogen-bond acceptors (Lipinski definition) is 1. The van der Waals surface area contributed by atoms with Crippen molar-refractivity contribution in [2.24, 2.45) is 5.73 Å². The van der Waals surface area contributed by atoms with Crippen molar-refractivity contribution in [3.8, 4) is 0 Å². The molecular weight excluding hydrogens is 230 g/mol. The monoisotopic (exact) mass is 255 g/mol. The Morgan fingerprint density at radius 1 is 0.947 bits per heavy atom. The van der Waals surface area contributed by atoms with E-state index in [4.69, 9.17) is 5.73 Å². The Hall–Kier alpha value is -1.08. The van der Waals surface area contributed by atoms with E-state index in [0.29, 0.717) is 0 Å². The van der Waals surface area contributed by atoms with Gasteiger partial charge in [-0.2, -0.15) is 0 Å². The number of hydrogen-bond donors (Lipinski definition) is 1. The van der Waals surface area contributed by atoms with Crippen LogP contribution in [0.2, 0.25) is 0 Å². The van der Waals surface area contributed by atoms with Crippen molar-refractivity contribution in [3.63, 3.8) is 0 Å². The first-order valence-corrected chi connectivity index (χ1v) is 7.83. The predicted molar refractivity (Wildman–Crippen MR) is 81.1 cm³/mol. The van der Waals surface area contributed by atoms with E-state index in [2.05, 4.69) is 36.4 Å². The highest BCUT2D eigenvalue weighted by Gasteiger charge is 2.42. The van der Waals surface area contributed by atoms with E-state index < -0.39 is 0 Å². The van der Waals surface area contributed by atoms with E-state index in [0.717, 1.165) is 0 Å². The second-order valence-corrected chi connectivity index (χ2v) is 6.23. The van der Waals surface area contributed by atoms with Gasteiger partial charge in [0.05, 0.1) is 0 Å². The third-order valence-electron chi connectivity index (χ3n) is 5.17. The molecule has 102 valence electrons. The minimum Gasteiger partial charge on any atom is -0.323 e. The average Bonchev–Trinajstić information content (AvgIpc) is 2.99. The highest BCUT2D eigenvalue weighted by Crippen LogP contribution is 2.46. The van der Waals surface area contributed by atoms with Gasteiger partial charge in [-0.15, -0.1) is 0 Å². The van der Waals surface area contributed by atoms with Crippen molar-refractivity contribution in [2.75, 3.05) is 0 Å².